The van der Waals surface area contributed by atoms with Crippen molar-refractivity contribution in [3.63, 3.8) is 0 Å². The Morgan fingerprint density at radius 1 is 0.737 bits per heavy atom. The second-order valence-corrected chi connectivity index (χ2v) is 22.6. The molecule has 3 amide bonds. The molecule has 2 N–H and O–H groups in total. The van der Waals surface area contributed by atoms with Crippen LogP contribution in [0.4, 0.5) is 0 Å². The van der Waals surface area contributed by atoms with Gasteiger partial charge >= 0.3 is 0 Å². The van der Waals surface area contributed by atoms with Gasteiger partial charge in [-0.1, -0.05) is 55.0 Å². The van der Waals surface area contributed by atoms with Gasteiger partial charge in [-0.3, -0.25) is 28.9 Å². The summed E-state index contributed by atoms with van der Waals surface area (Å²) in [5.41, 5.74) is 13.2. The number of allylic oxidation sites excluding steroid dienone is 1. The molecule has 15 heteroatoms. The molecule has 2 aliphatic carbocycles. The van der Waals surface area contributed by atoms with Crippen LogP contribution < -0.4 is 15.2 Å². The standard InChI is InChI=1S/C61H79N7O8/c1-39-11-7-14-46(60(71)59-51-17-10-19-53(51)68(64-59)38-57(70)66-29-25-47(26-30-66)76-54-20-8-13-44-12-5-6-15-49(44)54)34-48(75-39)32-43-21-22-45(55(33-43)73-4)31-42-23-27-65(28-24-42)56(69)35-63-52-18-9-16-50(52)58(62)61(72)67-36-40(2)74-41(3)37-67/h5-6,8,12-13,15,20-22,33,39-42,46-48H,7,9-11,14,16-19,23-32,34-38,62H2,1-4H3/t39-,40-,41+,46?,48+/m0/s1. The van der Waals surface area contributed by atoms with Crippen LogP contribution in [0.3, 0.4) is 0 Å². The number of nitrogens with two attached hydrogens (primary N) is 1. The number of piperidine rings is 2. The molecule has 1 aromatic heterocycles. The number of Topliss-reactive ketones (excluding diaryl/α,β-unsaturated/α-hetero) is 1. The number of ketones is 1. The van der Waals surface area contributed by atoms with Gasteiger partial charge < -0.3 is 39.4 Å². The predicted octanol–water partition coefficient (Wildman–Crippen LogP) is 8.25. The molecule has 0 radical (unpaired) electrons. The van der Waals surface area contributed by atoms with Crippen LogP contribution in [0.2, 0.25) is 0 Å². The normalized spacial score (nSPS) is 25.1. The Balaban J connectivity index is 0.716. The van der Waals surface area contributed by atoms with Crippen molar-refractivity contribution in [3.8, 4) is 11.5 Å². The number of aromatic nitrogens is 2. The molecule has 10 rings (SSSR count). The number of hydrogen-bond acceptors (Lipinski definition) is 11. The fraction of sp³-hybridized carbons (Fsp3) is 0.574. The summed E-state index contributed by atoms with van der Waals surface area (Å²) in [4.78, 5) is 65.7. The molecule has 5 atom stereocenters. The highest BCUT2D eigenvalue weighted by molar-refractivity contribution is 6.09. The summed E-state index contributed by atoms with van der Waals surface area (Å²) in [5.74, 6) is 1.86. The summed E-state index contributed by atoms with van der Waals surface area (Å²) < 4.78 is 26.8. The van der Waals surface area contributed by atoms with Crippen LogP contribution in [0.5, 0.6) is 11.5 Å². The van der Waals surface area contributed by atoms with E-state index >= 15 is 0 Å². The van der Waals surface area contributed by atoms with Crippen molar-refractivity contribution in [1.82, 2.24) is 24.5 Å². The quantitative estimate of drug-likeness (QED) is 0.0959. The lowest BCUT2D eigenvalue weighted by Crippen LogP contribution is -2.49. The molecule has 1 saturated carbocycles. The third-order valence-corrected chi connectivity index (χ3v) is 17.0. The number of nitrogens with zero attached hydrogens (tertiary/aromatic N) is 6. The van der Waals surface area contributed by atoms with Gasteiger partial charge in [-0.15, -0.1) is 0 Å². The Bertz CT molecular complexity index is 2810. The number of aliphatic imine (C=N–C) groups is 1. The predicted molar refractivity (Wildman–Crippen MR) is 293 cm³/mol. The molecular formula is C61H79N7O8. The molecule has 406 valence electrons. The lowest BCUT2D eigenvalue weighted by atomic mass is 9.85. The maximum absolute atomic E-state index is 14.7. The maximum atomic E-state index is 14.7. The molecule has 1 unspecified atom stereocenters. The van der Waals surface area contributed by atoms with E-state index in [1.165, 1.54) is 0 Å². The largest absolute Gasteiger partial charge is 0.496 e. The summed E-state index contributed by atoms with van der Waals surface area (Å²) in [6, 6.07) is 20.9. The van der Waals surface area contributed by atoms with E-state index in [0.717, 1.165) is 133 Å². The molecule has 5 heterocycles. The van der Waals surface area contributed by atoms with E-state index in [1.807, 2.05) is 52.6 Å². The Labute approximate surface area is 448 Å². The topological polar surface area (TPSA) is 171 Å². The lowest BCUT2D eigenvalue weighted by Gasteiger charge is -2.35. The van der Waals surface area contributed by atoms with E-state index in [-0.39, 0.29) is 78.7 Å². The van der Waals surface area contributed by atoms with E-state index in [4.69, 9.17) is 34.8 Å². The summed E-state index contributed by atoms with van der Waals surface area (Å²) in [6.45, 7) is 9.88. The van der Waals surface area contributed by atoms with Crippen molar-refractivity contribution in [1.29, 1.82) is 0 Å². The van der Waals surface area contributed by atoms with Crippen LogP contribution in [0, 0.1) is 11.8 Å². The van der Waals surface area contributed by atoms with Gasteiger partial charge in [0.15, 0.2) is 5.78 Å². The zero-order chi connectivity index (χ0) is 52.9. The number of carbonyl (C=O) groups excluding carboxylic acids is 4. The molecule has 3 aromatic carbocycles. The van der Waals surface area contributed by atoms with Gasteiger partial charge in [-0.05, 0) is 139 Å². The zero-order valence-corrected chi connectivity index (χ0v) is 45.3. The highest BCUT2D eigenvalue weighted by atomic mass is 16.5. The van der Waals surface area contributed by atoms with E-state index in [0.29, 0.717) is 76.6 Å². The molecule has 4 aliphatic heterocycles. The Morgan fingerprint density at radius 3 is 2.26 bits per heavy atom. The number of benzene rings is 3. The molecule has 76 heavy (non-hydrogen) atoms. The summed E-state index contributed by atoms with van der Waals surface area (Å²) >= 11 is 0. The van der Waals surface area contributed by atoms with Crippen molar-refractivity contribution in [2.75, 3.05) is 52.9 Å². The van der Waals surface area contributed by atoms with E-state index < -0.39 is 0 Å². The molecule has 0 bridgehead atoms. The van der Waals surface area contributed by atoms with Crippen molar-refractivity contribution in [2.45, 2.75) is 161 Å². The van der Waals surface area contributed by atoms with Crippen LogP contribution >= 0.6 is 0 Å². The van der Waals surface area contributed by atoms with Gasteiger partial charge in [0.2, 0.25) is 11.8 Å². The number of hydrogen-bond donors (Lipinski definition) is 1. The third-order valence-electron chi connectivity index (χ3n) is 17.0. The number of fused-ring (bicyclic) bond motifs is 2. The first-order valence-electron chi connectivity index (χ1n) is 28.5. The van der Waals surface area contributed by atoms with Crippen LogP contribution in [0.25, 0.3) is 10.8 Å². The molecule has 6 aliphatic rings. The molecule has 5 fully saturated rings. The van der Waals surface area contributed by atoms with Crippen molar-refractivity contribution < 1.29 is 38.1 Å². The SMILES string of the molecule is COc1cc(C[C@@H]2CC(C(=O)c3nn(CC(=O)N4CCC(Oc5cccc6ccccc56)CC4)c4c3CCC4)CCC[C@H](C)O2)ccc1CC1CCN(C(=O)CN=C2CCCC2=C(N)C(=O)N2C[C@@H](C)O[C@@H](C)C2)CC1. The van der Waals surface area contributed by atoms with Crippen molar-refractivity contribution >= 4 is 40.0 Å². The average molecular weight is 1040 g/mol. The minimum Gasteiger partial charge on any atom is -0.496 e. The number of rotatable bonds is 14. The van der Waals surface area contributed by atoms with E-state index in [1.54, 1.807) is 12.0 Å². The third kappa shape index (κ3) is 12.4. The molecular weight excluding hydrogens is 959 g/mol. The maximum Gasteiger partial charge on any atom is 0.270 e. The van der Waals surface area contributed by atoms with Gasteiger partial charge in [-0.2, -0.15) is 5.10 Å². The molecule has 0 spiro atoms. The fourth-order valence-electron chi connectivity index (χ4n) is 13.0. The van der Waals surface area contributed by atoms with Gasteiger partial charge in [0, 0.05) is 86.0 Å². The molecule has 4 aromatic rings. The Morgan fingerprint density at radius 2 is 1.47 bits per heavy atom. The van der Waals surface area contributed by atoms with Crippen molar-refractivity contribution in [2.24, 2.45) is 22.6 Å². The smallest absolute Gasteiger partial charge is 0.270 e. The van der Waals surface area contributed by atoms with Gasteiger partial charge in [0.05, 0.1) is 31.5 Å². The van der Waals surface area contributed by atoms with E-state index in [2.05, 4.69) is 43.3 Å². The minimum absolute atomic E-state index is 0.00639. The summed E-state index contributed by atoms with van der Waals surface area (Å²) in [5, 5.41) is 7.21. The number of methoxy groups -OCH3 is 1. The number of amides is 3. The lowest BCUT2D eigenvalue weighted by molar-refractivity contribution is -0.139. The highest BCUT2D eigenvalue weighted by Crippen LogP contribution is 2.35. The van der Waals surface area contributed by atoms with Crippen LogP contribution in [-0.2, 0) is 56.1 Å². The van der Waals surface area contributed by atoms with Gasteiger partial charge in [0.25, 0.3) is 5.91 Å². The van der Waals surface area contributed by atoms with Crippen LogP contribution in [0.15, 0.2) is 76.9 Å². The van der Waals surface area contributed by atoms with Crippen molar-refractivity contribution in [3.05, 3.63) is 100 Å². The second kappa shape index (κ2) is 24.1. The average Bonchev–Trinajstić information content (AvgIpc) is 4.19. The van der Waals surface area contributed by atoms with Crippen LogP contribution in [0.1, 0.15) is 131 Å². The first-order valence-corrected chi connectivity index (χ1v) is 28.5. The second-order valence-electron chi connectivity index (χ2n) is 22.6. The summed E-state index contributed by atoms with van der Waals surface area (Å²) in [7, 11) is 1.73. The molecule has 15 nitrogen and oxygen atoms in total. The number of ether oxygens (including phenoxy) is 4. The first-order chi connectivity index (χ1) is 36.9. The first kappa shape index (κ1) is 53.3. The number of likely N-dealkylation sites (tertiary alicyclic amines) is 2. The summed E-state index contributed by atoms with van der Waals surface area (Å²) in [6.07, 6.45) is 12.7. The van der Waals surface area contributed by atoms with E-state index in [9.17, 15) is 19.2 Å². The fourth-order valence-corrected chi connectivity index (χ4v) is 13.0. The number of morpholine rings is 1. The monoisotopic (exact) mass is 1040 g/mol. The number of carbonyl (C=O) groups is 4. The Hall–Kier alpha value is -6.06. The Kier molecular flexibility index (Phi) is 16.9. The van der Waals surface area contributed by atoms with Gasteiger partial charge in [0.1, 0.15) is 42.1 Å². The van der Waals surface area contributed by atoms with Gasteiger partial charge in [-0.25, -0.2) is 0 Å². The molecule has 4 saturated heterocycles. The minimum atomic E-state index is -0.228. The highest BCUT2D eigenvalue weighted by Gasteiger charge is 2.36. The zero-order valence-electron chi connectivity index (χ0n) is 45.3. The van der Waals surface area contributed by atoms with Crippen LogP contribution in [-0.4, -0.2) is 137 Å².